The van der Waals surface area contributed by atoms with Crippen molar-refractivity contribution >= 4 is 0 Å². The van der Waals surface area contributed by atoms with E-state index in [4.69, 9.17) is 9.47 Å². The number of ether oxygens (including phenoxy) is 2. The van der Waals surface area contributed by atoms with Crippen LogP contribution in [0.2, 0.25) is 0 Å². The van der Waals surface area contributed by atoms with Crippen molar-refractivity contribution in [2.45, 2.75) is 31.7 Å². The summed E-state index contributed by atoms with van der Waals surface area (Å²) in [6.07, 6.45) is 2.40. The van der Waals surface area contributed by atoms with Gasteiger partial charge in [0.25, 0.3) is 0 Å². The Morgan fingerprint density at radius 3 is 2.88 bits per heavy atom. The lowest BCUT2D eigenvalue weighted by Crippen LogP contribution is -2.24. The molecule has 92 valence electrons. The van der Waals surface area contributed by atoms with E-state index in [9.17, 15) is 0 Å². The molecule has 2 heterocycles. The van der Waals surface area contributed by atoms with E-state index < -0.39 is 0 Å². The fourth-order valence-electron chi connectivity index (χ4n) is 2.89. The van der Waals surface area contributed by atoms with E-state index in [0.717, 1.165) is 18.0 Å². The van der Waals surface area contributed by atoms with Gasteiger partial charge in [-0.3, -0.25) is 0 Å². The molecule has 0 aliphatic carbocycles. The van der Waals surface area contributed by atoms with Crippen LogP contribution >= 0.6 is 0 Å². The highest BCUT2D eigenvalue weighted by atomic mass is 16.6. The van der Waals surface area contributed by atoms with E-state index in [1.807, 2.05) is 0 Å². The first-order valence-corrected chi connectivity index (χ1v) is 6.51. The minimum Gasteiger partial charge on any atom is -0.486 e. The van der Waals surface area contributed by atoms with Crippen LogP contribution in [0.4, 0.5) is 0 Å². The number of rotatable bonds is 2. The molecule has 3 rings (SSSR count). The molecule has 0 amide bonds. The average Bonchev–Trinajstić information content (AvgIpc) is 2.86. The van der Waals surface area contributed by atoms with E-state index in [1.54, 1.807) is 0 Å². The third-order valence-electron chi connectivity index (χ3n) is 3.78. The Balaban J connectivity index is 1.88. The zero-order chi connectivity index (χ0) is 11.7. The summed E-state index contributed by atoms with van der Waals surface area (Å²) in [5.41, 5.74) is 1.38. The molecule has 1 aromatic carbocycles. The van der Waals surface area contributed by atoms with Gasteiger partial charge in [-0.2, -0.15) is 0 Å². The van der Waals surface area contributed by atoms with Crippen LogP contribution in [0, 0.1) is 0 Å². The zero-order valence-corrected chi connectivity index (χ0v) is 10.2. The topological polar surface area (TPSA) is 30.5 Å². The van der Waals surface area contributed by atoms with Gasteiger partial charge in [0.1, 0.15) is 13.2 Å². The SMILES string of the molecule is CCC1NCCC1c1ccc2c(c1)OCCO2. The molecular formula is C14H19NO2. The van der Waals surface area contributed by atoms with Crippen LogP contribution in [0.15, 0.2) is 18.2 Å². The maximum atomic E-state index is 5.65. The van der Waals surface area contributed by atoms with Crippen molar-refractivity contribution in [3.05, 3.63) is 23.8 Å². The van der Waals surface area contributed by atoms with Crippen LogP contribution in [0.5, 0.6) is 11.5 Å². The maximum Gasteiger partial charge on any atom is 0.161 e. The normalized spacial score (nSPS) is 27.1. The lowest BCUT2D eigenvalue weighted by Gasteiger charge is -2.22. The van der Waals surface area contributed by atoms with Gasteiger partial charge in [-0.15, -0.1) is 0 Å². The van der Waals surface area contributed by atoms with E-state index >= 15 is 0 Å². The van der Waals surface area contributed by atoms with Crippen LogP contribution in [0.25, 0.3) is 0 Å². The molecule has 0 radical (unpaired) electrons. The maximum absolute atomic E-state index is 5.65. The molecule has 17 heavy (non-hydrogen) atoms. The van der Waals surface area contributed by atoms with Gasteiger partial charge < -0.3 is 14.8 Å². The molecule has 0 saturated carbocycles. The average molecular weight is 233 g/mol. The predicted molar refractivity (Wildman–Crippen MR) is 66.9 cm³/mol. The summed E-state index contributed by atoms with van der Waals surface area (Å²) in [5, 5.41) is 3.56. The quantitative estimate of drug-likeness (QED) is 0.850. The van der Waals surface area contributed by atoms with Crippen LogP contribution in [0.1, 0.15) is 31.2 Å². The van der Waals surface area contributed by atoms with Gasteiger partial charge >= 0.3 is 0 Å². The summed E-state index contributed by atoms with van der Waals surface area (Å²) in [5.74, 6) is 2.42. The number of fused-ring (bicyclic) bond motifs is 1. The molecule has 2 aliphatic rings. The number of hydrogen-bond donors (Lipinski definition) is 1. The summed E-state index contributed by atoms with van der Waals surface area (Å²) in [4.78, 5) is 0. The second kappa shape index (κ2) is 4.57. The first-order valence-electron chi connectivity index (χ1n) is 6.51. The molecule has 1 aromatic rings. The van der Waals surface area contributed by atoms with Gasteiger partial charge in [0.2, 0.25) is 0 Å². The van der Waals surface area contributed by atoms with Gasteiger partial charge in [0, 0.05) is 12.0 Å². The van der Waals surface area contributed by atoms with Crippen molar-refractivity contribution in [3.63, 3.8) is 0 Å². The van der Waals surface area contributed by atoms with Crippen molar-refractivity contribution < 1.29 is 9.47 Å². The minimum atomic E-state index is 0.609. The third-order valence-corrected chi connectivity index (χ3v) is 3.78. The number of hydrogen-bond acceptors (Lipinski definition) is 3. The monoisotopic (exact) mass is 233 g/mol. The van der Waals surface area contributed by atoms with Crippen LogP contribution in [-0.4, -0.2) is 25.8 Å². The Bertz CT molecular complexity index is 405. The van der Waals surface area contributed by atoms with Crippen molar-refractivity contribution in [2.75, 3.05) is 19.8 Å². The molecule has 1 fully saturated rings. The van der Waals surface area contributed by atoms with Crippen LogP contribution in [-0.2, 0) is 0 Å². The molecule has 1 saturated heterocycles. The summed E-state index contributed by atoms with van der Waals surface area (Å²) in [6, 6.07) is 7.01. The summed E-state index contributed by atoms with van der Waals surface area (Å²) < 4.78 is 11.2. The largest absolute Gasteiger partial charge is 0.486 e. The first kappa shape index (κ1) is 10.9. The molecule has 0 spiro atoms. The highest BCUT2D eigenvalue weighted by molar-refractivity contribution is 5.45. The van der Waals surface area contributed by atoms with Gasteiger partial charge in [-0.05, 0) is 37.1 Å². The first-order chi connectivity index (χ1) is 8.38. The molecule has 0 aromatic heterocycles. The minimum absolute atomic E-state index is 0.609. The van der Waals surface area contributed by atoms with E-state index in [1.165, 1.54) is 18.4 Å². The van der Waals surface area contributed by atoms with Crippen molar-refractivity contribution in [2.24, 2.45) is 0 Å². The van der Waals surface area contributed by atoms with E-state index in [2.05, 4.69) is 30.4 Å². The smallest absolute Gasteiger partial charge is 0.161 e. The van der Waals surface area contributed by atoms with Crippen LogP contribution < -0.4 is 14.8 Å². The van der Waals surface area contributed by atoms with Gasteiger partial charge in [0.05, 0.1) is 0 Å². The van der Waals surface area contributed by atoms with Crippen molar-refractivity contribution in [3.8, 4) is 11.5 Å². The van der Waals surface area contributed by atoms with E-state index in [-0.39, 0.29) is 0 Å². The fraction of sp³-hybridized carbons (Fsp3) is 0.571. The number of nitrogens with one attached hydrogen (secondary N) is 1. The lowest BCUT2D eigenvalue weighted by molar-refractivity contribution is 0.171. The van der Waals surface area contributed by atoms with Crippen molar-refractivity contribution in [1.82, 2.24) is 5.32 Å². The summed E-state index contributed by atoms with van der Waals surface area (Å²) in [7, 11) is 0. The van der Waals surface area contributed by atoms with Gasteiger partial charge in [-0.1, -0.05) is 13.0 Å². The zero-order valence-electron chi connectivity index (χ0n) is 10.2. The van der Waals surface area contributed by atoms with E-state index in [0.29, 0.717) is 25.2 Å². The molecule has 2 aliphatic heterocycles. The summed E-state index contributed by atoms with van der Waals surface area (Å²) >= 11 is 0. The highest BCUT2D eigenvalue weighted by Crippen LogP contribution is 2.36. The Morgan fingerprint density at radius 1 is 1.24 bits per heavy atom. The third kappa shape index (κ3) is 2.00. The predicted octanol–water partition coefficient (Wildman–Crippen LogP) is 2.31. The molecule has 1 N–H and O–H groups in total. The molecule has 3 nitrogen and oxygen atoms in total. The number of benzene rings is 1. The van der Waals surface area contributed by atoms with Crippen molar-refractivity contribution in [1.29, 1.82) is 0 Å². The van der Waals surface area contributed by atoms with Gasteiger partial charge in [0.15, 0.2) is 11.5 Å². The second-order valence-corrected chi connectivity index (χ2v) is 4.77. The fourth-order valence-corrected chi connectivity index (χ4v) is 2.89. The molecule has 3 heteroatoms. The molecular weight excluding hydrogens is 214 g/mol. The molecule has 2 unspecified atom stereocenters. The van der Waals surface area contributed by atoms with Crippen LogP contribution in [0.3, 0.4) is 0 Å². The Kier molecular flexibility index (Phi) is 2.93. The molecule has 0 bridgehead atoms. The Hall–Kier alpha value is -1.22. The summed E-state index contributed by atoms with van der Waals surface area (Å²) in [6.45, 7) is 4.69. The molecule has 2 atom stereocenters. The Morgan fingerprint density at radius 2 is 2.06 bits per heavy atom. The lowest BCUT2D eigenvalue weighted by atomic mass is 9.90. The standard InChI is InChI=1S/C14H19NO2/c1-2-12-11(5-6-15-12)10-3-4-13-14(9-10)17-8-7-16-13/h3-4,9,11-12,15H,2,5-8H2,1H3. The van der Waals surface area contributed by atoms with Gasteiger partial charge in [-0.25, -0.2) is 0 Å². The second-order valence-electron chi connectivity index (χ2n) is 4.77. The Labute approximate surface area is 102 Å². The highest BCUT2D eigenvalue weighted by Gasteiger charge is 2.27.